The van der Waals surface area contributed by atoms with Crippen molar-refractivity contribution in [1.82, 2.24) is 4.72 Å². The number of rotatable bonds is 4. The Morgan fingerprint density at radius 2 is 2.15 bits per heavy atom. The predicted octanol–water partition coefficient (Wildman–Crippen LogP) is 1.03. The fourth-order valence-electron chi connectivity index (χ4n) is 2.43. The van der Waals surface area contributed by atoms with Gasteiger partial charge in [0, 0.05) is 25.2 Å². The van der Waals surface area contributed by atoms with Crippen LogP contribution in [-0.2, 0) is 10.0 Å². The van der Waals surface area contributed by atoms with E-state index in [1.54, 1.807) is 13.0 Å². The normalized spacial score (nSPS) is 19.3. The van der Waals surface area contributed by atoms with E-state index in [0.717, 1.165) is 11.8 Å². The summed E-state index contributed by atoms with van der Waals surface area (Å²) in [4.78, 5) is 12.6. The van der Waals surface area contributed by atoms with Crippen LogP contribution in [0.3, 0.4) is 0 Å². The molecule has 0 bridgehead atoms. The van der Waals surface area contributed by atoms with Crippen molar-refractivity contribution in [2.75, 3.05) is 24.2 Å². The lowest BCUT2D eigenvalue weighted by Crippen LogP contribution is -2.36. The van der Waals surface area contributed by atoms with Gasteiger partial charge in [-0.25, -0.2) is 13.1 Å². The maximum absolute atomic E-state index is 11.2. The highest BCUT2D eigenvalue weighted by atomic mass is 32.2. The van der Waals surface area contributed by atoms with E-state index in [1.807, 2.05) is 11.0 Å². The van der Waals surface area contributed by atoms with Gasteiger partial charge in [-0.05, 0) is 25.0 Å². The first-order valence-corrected chi connectivity index (χ1v) is 8.13. The standard InChI is InChI=1S/C12H17N3O4S/c1-9-3-4-11(12(7-9)15(16)17)14-6-5-10(8-14)13-20(2,18)19/h3-4,7,10,13H,5-6,8H2,1-2H3/t10-/m1/s1. The Morgan fingerprint density at radius 1 is 1.45 bits per heavy atom. The zero-order chi connectivity index (χ0) is 14.9. The third kappa shape index (κ3) is 3.45. The van der Waals surface area contributed by atoms with Gasteiger partial charge in [0.1, 0.15) is 5.69 Å². The van der Waals surface area contributed by atoms with Gasteiger partial charge < -0.3 is 4.90 Å². The molecule has 0 aliphatic carbocycles. The lowest BCUT2D eigenvalue weighted by Gasteiger charge is -2.19. The topological polar surface area (TPSA) is 92.6 Å². The second-order valence-electron chi connectivity index (χ2n) is 5.07. The van der Waals surface area contributed by atoms with Crippen LogP contribution >= 0.6 is 0 Å². The number of hydrogen-bond donors (Lipinski definition) is 1. The fourth-order valence-corrected chi connectivity index (χ4v) is 3.22. The largest absolute Gasteiger partial charge is 0.364 e. The summed E-state index contributed by atoms with van der Waals surface area (Å²) in [6.45, 7) is 2.84. The monoisotopic (exact) mass is 299 g/mol. The number of sulfonamides is 1. The van der Waals surface area contributed by atoms with Gasteiger partial charge >= 0.3 is 0 Å². The second kappa shape index (κ2) is 5.37. The molecule has 1 aromatic rings. The molecule has 1 N–H and O–H groups in total. The molecule has 1 aliphatic heterocycles. The molecule has 1 heterocycles. The zero-order valence-corrected chi connectivity index (χ0v) is 12.2. The van der Waals surface area contributed by atoms with E-state index in [1.165, 1.54) is 6.07 Å². The van der Waals surface area contributed by atoms with Crippen LogP contribution in [-0.4, -0.2) is 38.7 Å². The fraction of sp³-hybridized carbons (Fsp3) is 0.500. The van der Waals surface area contributed by atoms with Crippen LogP contribution in [0.25, 0.3) is 0 Å². The molecule has 20 heavy (non-hydrogen) atoms. The Hall–Kier alpha value is -1.67. The number of nitro groups is 1. The number of nitrogens with one attached hydrogen (secondary N) is 1. The number of hydrogen-bond acceptors (Lipinski definition) is 5. The van der Waals surface area contributed by atoms with Gasteiger partial charge in [0.2, 0.25) is 10.0 Å². The van der Waals surface area contributed by atoms with Crippen LogP contribution in [0, 0.1) is 17.0 Å². The summed E-state index contributed by atoms with van der Waals surface area (Å²) in [6, 6.07) is 4.87. The number of nitrogens with zero attached hydrogens (tertiary/aromatic N) is 2. The minimum Gasteiger partial charge on any atom is -0.364 e. The van der Waals surface area contributed by atoms with E-state index >= 15 is 0 Å². The van der Waals surface area contributed by atoms with Gasteiger partial charge in [-0.1, -0.05) is 6.07 Å². The number of nitro benzene ring substituents is 1. The first kappa shape index (κ1) is 14.7. The van der Waals surface area contributed by atoms with Crippen molar-refractivity contribution >= 4 is 21.4 Å². The van der Waals surface area contributed by atoms with Crippen molar-refractivity contribution in [2.24, 2.45) is 0 Å². The van der Waals surface area contributed by atoms with Crippen LogP contribution in [0.1, 0.15) is 12.0 Å². The number of anilines is 1. The third-order valence-corrected chi connectivity index (χ3v) is 4.00. The number of aryl methyl sites for hydroxylation is 1. The molecule has 0 amide bonds. The van der Waals surface area contributed by atoms with Crippen molar-refractivity contribution in [3.8, 4) is 0 Å². The highest BCUT2D eigenvalue weighted by Crippen LogP contribution is 2.31. The van der Waals surface area contributed by atoms with E-state index in [2.05, 4.69) is 4.72 Å². The SMILES string of the molecule is Cc1ccc(N2CC[C@@H](NS(C)(=O)=O)C2)c([N+](=O)[O-])c1. The molecule has 8 heteroatoms. The van der Waals surface area contributed by atoms with E-state index in [9.17, 15) is 18.5 Å². The maximum atomic E-state index is 11.2. The van der Waals surface area contributed by atoms with Crippen LogP contribution in [0.5, 0.6) is 0 Å². The number of benzene rings is 1. The lowest BCUT2D eigenvalue weighted by atomic mass is 10.2. The second-order valence-corrected chi connectivity index (χ2v) is 6.85. The molecule has 0 radical (unpaired) electrons. The average molecular weight is 299 g/mol. The summed E-state index contributed by atoms with van der Waals surface area (Å²) in [5.41, 5.74) is 1.42. The van der Waals surface area contributed by atoms with Gasteiger partial charge in [-0.2, -0.15) is 0 Å². The molecule has 7 nitrogen and oxygen atoms in total. The Kier molecular flexibility index (Phi) is 3.96. The van der Waals surface area contributed by atoms with E-state index in [0.29, 0.717) is 25.2 Å². The van der Waals surface area contributed by atoms with E-state index in [4.69, 9.17) is 0 Å². The van der Waals surface area contributed by atoms with Crippen molar-refractivity contribution in [3.63, 3.8) is 0 Å². The summed E-state index contributed by atoms with van der Waals surface area (Å²) in [7, 11) is -3.26. The van der Waals surface area contributed by atoms with Crippen LogP contribution in [0.15, 0.2) is 18.2 Å². The van der Waals surface area contributed by atoms with Gasteiger partial charge in [-0.15, -0.1) is 0 Å². The molecule has 0 spiro atoms. The summed E-state index contributed by atoms with van der Waals surface area (Å²) >= 11 is 0. The van der Waals surface area contributed by atoms with Crippen molar-refractivity contribution < 1.29 is 13.3 Å². The van der Waals surface area contributed by atoms with E-state index in [-0.39, 0.29) is 11.7 Å². The van der Waals surface area contributed by atoms with Gasteiger partial charge in [-0.3, -0.25) is 10.1 Å². The minimum absolute atomic E-state index is 0.0602. The van der Waals surface area contributed by atoms with Crippen molar-refractivity contribution in [1.29, 1.82) is 0 Å². The quantitative estimate of drug-likeness (QED) is 0.662. The molecular formula is C12H17N3O4S. The molecule has 2 rings (SSSR count). The molecule has 1 aliphatic rings. The van der Waals surface area contributed by atoms with Gasteiger partial charge in [0.15, 0.2) is 0 Å². The van der Waals surface area contributed by atoms with Crippen molar-refractivity contribution in [3.05, 3.63) is 33.9 Å². The molecule has 110 valence electrons. The summed E-state index contributed by atoms with van der Waals surface area (Å²) in [5.74, 6) is 0. The zero-order valence-electron chi connectivity index (χ0n) is 11.4. The Bertz CT molecular complexity index is 630. The van der Waals surface area contributed by atoms with Gasteiger partial charge in [0.05, 0.1) is 11.2 Å². The molecule has 1 fully saturated rings. The molecular weight excluding hydrogens is 282 g/mol. The Morgan fingerprint density at radius 3 is 2.75 bits per heavy atom. The predicted molar refractivity (Wildman–Crippen MR) is 76.4 cm³/mol. The molecule has 1 aromatic carbocycles. The van der Waals surface area contributed by atoms with Crippen LogP contribution < -0.4 is 9.62 Å². The summed E-state index contributed by atoms with van der Waals surface area (Å²) < 4.78 is 25.0. The highest BCUT2D eigenvalue weighted by molar-refractivity contribution is 7.88. The molecule has 0 unspecified atom stereocenters. The lowest BCUT2D eigenvalue weighted by molar-refractivity contribution is -0.384. The molecule has 1 atom stereocenters. The van der Waals surface area contributed by atoms with Crippen LogP contribution in [0.4, 0.5) is 11.4 Å². The van der Waals surface area contributed by atoms with Crippen LogP contribution in [0.2, 0.25) is 0 Å². The Balaban J connectivity index is 2.20. The molecule has 0 saturated carbocycles. The Labute approximate surface area is 117 Å². The van der Waals surface area contributed by atoms with E-state index < -0.39 is 14.9 Å². The third-order valence-electron chi connectivity index (χ3n) is 3.24. The summed E-state index contributed by atoms with van der Waals surface area (Å²) in [5, 5.41) is 11.1. The smallest absolute Gasteiger partial charge is 0.292 e. The molecule has 0 aromatic heterocycles. The van der Waals surface area contributed by atoms with Gasteiger partial charge in [0.25, 0.3) is 5.69 Å². The minimum atomic E-state index is -3.26. The maximum Gasteiger partial charge on any atom is 0.292 e. The van der Waals surface area contributed by atoms with Crippen molar-refractivity contribution in [2.45, 2.75) is 19.4 Å². The summed E-state index contributed by atoms with van der Waals surface area (Å²) in [6.07, 6.45) is 1.75. The highest BCUT2D eigenvalue weighted by Gasteiger charge is 2.28. The average Bonchev–Trinajstić information content (AvgIpc) is 2.74. The first-order chi connectivity index (χ1) is 9.26. The first-order valence-electron chi connectivity index (χ1n) is 6.23. The molecule has 1 saturated heterocycles.